The first kappa shape index (κ1) is 21.2. The average Bonchev–Trinajstić information content (AvgIpc) is 3.07. The molecule has 1 amide bonds. The van der Waals surface area contributed by atoms with E-state index in [-0.39, 0.29) is 5.91 Å². The minimum Gasteiger partial charge on any atom is -0.493 e. The van der Waals surface area contributed by atoms with Crippen molar-refractivity contribution in [2.24, 2.45) is 0 Å². The molecule has 1 aromatic heterocycles. The third-order valence-electron chi connectivity index (χ3n) is 4.88. The van der Waals surface area contributed by atoms with Gasteiger partial charge in [-0.1, -0.05) is 23.4 Å². The maximum absolute atomic E-state index is 12.5. The monoisotopic (exact) mass is 406 g/mol. The number of benzene rings is 2. The summed E-state index contributed by atoms with van der Waals surface area (Å²) in [5, 5.41) is 3.94. The number of nitrogens with zero attached hydrogens (tertiary/aromatic N) is 2. The molecule has 0 spiro atoms. The van der Waals surface area contributed by atoms with E-state index in [4.69, 9.17) is 14.0 Å². The predicted octanol–water partition coefficient (Wildman–Crippen LogP) is 4.86. The Labute approximate surface area is 176 Å². The third kappa shape index (κ3) is 4.89. The Bertz CT molecular complexity index is 1050. The molecule has 6 nitrogen and oxygen atoms in total. The van der Waals surface area contributed by atoms with Gasteiger partial charge in [0, 0.05) is 18.8 Å². The van der Waals surface area contributed by atoms with Gasteiger partial charge in [-0.25, -0.2) is 0 Å². The summed E-state index contributed by atoms with van der Waals surface area (Å²) in [6.45, 7) is 6.07. The van der Waals surface area contributed by atoms with E-state index in [1.165, 1.54) is 0 Å². The molecule has 0 fully saturated rings. The van der Waals surface area contributed by atoms with Crippen molar-refractivity contribution >= 4 is 17.7 Å². The number of amides is 1. The summed E-state index contributed by atoms with van der Waals surface area (Å²) in [6.07, 6.45) is 3.30. The van der Waals surface area contributed by atoms with Crippen LogP contribution in [0.1, 0.15) is 28.1 Å². The van der Waals surface area contributed by atoms with E-state index in [2.05, 4.69) is 5.16 Å². The first-order valence-corrected chi connectivity index (χ1v) is 9.64. The number of likely N-dealkylation sites (N-methyl/N-ethyl adjacent to an activating group) is 1. The van der Waals surface area contributed by atoms with Crippen molar-refractivity contribution in [1.29, 1.82) is 0 Å². The number of methoxy groups -OCH3 is 1. The van der Waals surface area contributed by atoms with Crippen molar-refractivity contribution in [3.8, 4) is 11.5 Å². The van der Waals surface area contributed by atoms with Crippen LogP contribution in [0.2, 0.25) is 0 Å². The topological polar surface area (TPSA) is 64.8 Å². The van der Waals surface area contributed by atoms with E-state index >= 15 is 0 Å². The first-order valence-electron chi connectivity index (χ1n) is 9.64. The number of hydrogen-bond acceptors (Lipinski definition) is 5. The van der Waals surface area contributed by atoms with E-state index in [1.54, 1.807) is 31.2 Å². The van der Waals surface area contributed by atoms with Crippen LogP contribution < -0.4 is 14.4 Å². The molecule has 156 valence electrons. The molecule has 0 N–H and O–H groups in total. The molecule has 2 aromatic carbocycles. The van der Waals surface area contributed by atoms with Crippen LogP contribution in [0.15, 0.2) is 53.1 Å². The lowest BCUT2D eigenvalue weighted by molar-refractivity contribution is -0.113. The molecule has 0 saturated heterocycles. The Morgan fingerprint density at radius 1 is 1.13 bits per heavy atom. The highest BCUT2D eigenvalue weighted by Gasteiger charge is 2.12. The number of ether oxygens (including phenoxy) is 2. The molecule has 0 aliphatic carbocycles. The second-order valence-corrected chi connectivity index (χ2v) is 7.07. The molecule has 30 heavy (non-hydrogen) atoms. The number of hydrogen-bond donors (Lipinski definition) is 0. The summed E-state index contributed by atoms with van der Waals surface area (Å²) < 4.78 is 16.5. The fourth-order valence-corrected chi connectivity index (χ4v) is 3.01. The number of carbonyl (C=O) groups excluding carboxylic acids is 1. The van der Waals surface area contributed by atoms with Crippen molar-refractivity contribution < 1.29 is 18.8 Å². The summed E-state index contributed by atoms with van der Waals surface area (Å²) >= 11 is 0. The van der Waals surface area contributed by atoms with Gasteiger partial charge in [0.1, 0.15) is 12.4 Å². The minimum atomic E-state index is -0.113. The molecule has 0 radical (unpaired) electrons. The molecular weight excluding hydrogens is 380 g/mol. The summed E-state index contributed by atoms with van der Waals surface area (Å²) in [5.74, 6) is 1.82. The van der Waals surface area contributed by atoms with Crippen molar-refractivity contribution in [3.05, 3.63) is 76.7 Å². The molecule has 0 saturated carbocycles. The zero-order chi connectivity index (χ0) is 21.7. The molecule has 0 atom stereocenters. The SMILES string of the molecule is COc1cc(/C=C/C(=O)N(C)c2cccc(C)c2)ccc1OCc1c(C)noc1C. The molecule has 0 aliphatic rings. The molecular formula is C24H26N2O4. The van der Waals surface area contributed by atoms with E-state index in [1.807, 2.05) is 63.2 Å². The first-order chi connectivity index (χ1) is 14.4. The maximum Gasteiger partial charge on any atom is 0.250 e. The van der Waals surface area contributed by atoms with Crippen LogP contribution in [0.3, 0.4) is 0 Å². The van der Waals surface area contributed by atoms with Crippen LogP contribution in [-0.4, -0.2) is 25.2 Å². The lowest BCUT2D eigenvalue weighted by Crippen LogP contribution is -2.23. The van der Waals surface area contributed by atoms with Gasteiger partial charge in [0.25, 0.3) is 5.91 Å². The average molecular weight is 406 g/mol. The molecule has 3 aromatic rings. The van der Waals surface area contributed by atoms with Gasteiger partial charge >= 0.3 is 0 Å². The Morgan fingerprint density at radius 3 is 2.60 bits per heavy atom. The molecule has 0 unspecified atom stereocenters. The summed E-state index contributed by atoms with van der Waals surface area (Å²) in [5.41, 5.74) is 4.52. The van der Waals surface area contributed by atoms with E-state index < -0.39 is 0 Å². The third-order valence-corrected chi connectivity index (χ3v) is 4.88. The van der Waals surface area contributed by atoms with Crippen molar-refractivity contribution in [2.75, 3.05) is 19.1 Å². The number of aromatic nitrogens is 1. The van der Waals surface area contributed by atoms with Gasteiger partial charge in [-0.15, -0.1) is 0 Å². The van der Waals surface area contributed by atoms with Crippen molar-refractivity contribution in [3.63, 3.8) is 0 Å². The zero-order valence-corrected chi connectivity index (χ0v) is 17.9. The molecule has 0 aliphatic heterocycles. The molecule has 6 heteroatoms. The van der Waals surface area contributed by atoms with Crippen LogP contribution >= 0.6 is 0 Å². The second-order valence-electron chi connectivity index (χ2n) is 7.07. The number of rotatable bonds is 7. The van der Waals surface area contributed by atoms with E-state index in [9.17, 15) is 4.79 Å². The van der Waals surface area contributed by atoms with Crippen molar-refractivity contribution in [2.45, 2.75) is 27.4 Å². The zero-order valence-electron chi connectivity index (χ0n) is 17.9. The Morgan fingerprint density at radius 2 is 1.93 bits per heavy atom. The Hall–Kier alpha value is -3.54. The lowest BCUT2D eigenvalue weighted by Gasteiger charge is -2.15. The van der Waals surface area contributed by atoms with Crippen molar-refractivity contribution in [1.82, 2.24) is 5.16 Å². The normalized spacial score (nSPS) is 11.0. The lowest BCUT2D eigenvalue weighted by atomic mass is 10.1. The largest absolute Gasteiger partial charge is 0.493 e. The smallest absolute Gasteiger partial charge is 0.250 e. The highest BCUT2D eigenvalue weighted by molar-refractivity contribution is 6.03. The molecule has 3 rings (SSSR count). The van der Waals surface area contributed by atoms with Crippen LogP contribution in [0.25, 0.3) is 6.08 Å². The van der Waals surface area contributed by atoms with Crippen LogP contribution in [0.5, 0.6) is 11.5 Å². The highest BCUT2D eigenvalue weighted by Crippen LogP contribution is 2.30. The number of anilines is 1. The summed E-state index contributed by atoms with van der Waals surface area (Å²) in [6, 6.07) is 13.3. The molecule has 0 bridgehead atoms. The standard InChI is InChI=1S/C24H26N2O4/c1-16-7-6-8-20(13-16)26(4)24(27)12-10-19-9-11-22(23(14-19)28-5)29-15-21-17(2)25-30-18(21)3/h6-14H,15H2,1-5H3/b12-10+. The quantitative estimate of drug-likeness (QED) is 0.524. The summed E-state index contributed by atoms with van der Waals surface area (Å²) in [4.78, 5) is 14.1. The summed E-state index contributed by atoms with van der Waals surface area (Å²) in [7, 11) is 3.34. The molecule has 1 heterocycles. The van der Waals surface area contributed by atoms with Gasteiger partial charge in [0.2, 0.25) is 0 Å². The van der Waals surface area contributed by atoms with Gasteiger partial charge in [-0.3, -0.25) is 4.79 Å². The van der Waals surface area contributed by atoms with Crippen LogP contribution in [-0.2, 0) is 11.4 Å². The number of carbonyl (C=O) groups is 1. The predicted molar refractivity (Wildman–Crippen MR) is 117 cm³/mol. The maximum atomic E-state index is 12.5. The van der Waals surface area contributed by atoms with E-state index in [0.29, 0.717) is 18.1 Å². The Balaban J connectivity index is 1.70. The van der Waals surface area contributed by atoms with Crippen LogP contribution in [0, 0.1) is 20.8 Å². The van der Waals surface area contributed by atoms with Gasteiger partial charge < -0.3 is 18.9 Å². The number of aryl methyl sites for hydroxylation is 3. The van der Waals surface area contributed by atoms with Gasteiger partial charge in [0.05, 0.1) is 18.4 Å². The van der Waals surface area contributed by atoms with Crippen LogP contribution in [0.4, 0.5) is 5.69 Å². The fourth-order valence-electron chi connectivity index (χ4n) is 3.01. The minimum absolute atomic E-state index is 0.113. The highest BCUT2D eigenvalue weighted by atomic mass is 16.5. The van der Waals surface area contributed by atoms with E-state index in [0.717, 1.165) is 33.8 Å². The Kier molecular flexibility index (Phi) is 6.57. The van der Waals surface area contributed by atoms with Gasteiger partial charge in [-0.05, 0) is 62.2 Å². The van der Waals surface area contributed by atoms with Gasteiger partial charge in [0.15, 0.2) is 11.5 Å². The fraction of sp³-hybridized carbons (Fsp3) is 0.250. The second kappa shape index (κ2) is 9.31. The van der Waals surface area contributed by atoms with Gasteiger partial charge in [-0.2, -0.15) is 0 Å².